The lowest BCUT2D eigenvalue weighted by Crippen LogP contribution is -2.50. The summed E-state index contributed by atoms with van der Waals surface area (Å²) in [4.78, 5) is 34.8. The number of aromatic nitrogens is 2. The summed E-state index contributed by atoms with van der Waals surface area (Å²) < 4.78 is 15.5. The molecule has 1 aliphatic heterocycles. The molecule has 0 saturated carbocycles. The summed E-state index contributed by atoms with van der Waals surface area (Å²) in [7, 11) is 0. The van der Waals surface area contributed by atoms with E-state index in [9.17, 15) is 14.0 Å². The topological polar surface area (TPSA) is 57.9 Å². The van der Waals surface area contributed by atoms with Crippen molar-refractivity contribution in [2.45, 2.75) is 0 Å². The van der Waals surface area contributed by atoms with Gasteiger partial charge >= 0.3 is 0 Å². The molecule has 4 aromatic rings. The summed E-state index contributed by atoms with van der Waals surface area (Å²) in [6.45, 7) is 1.73. The van der Waals surface area contributed by atoms with Gasteiger partial charge in [0.05, 0.1) is 11.4 Å². The predicted molar refractivity (Wildman–Crippen MR) is 124 cm³/mol. The molecule has 0 bridgehead atoms. The summed E-state index contributed by atoms with van der Waals surface area (Å²) in [6, 6.07) is 13.8. The van der Waals surface area contributed by atoms with Gasteiger partial charge in [-0.3, -0.25) is 14.0 Å². The van der Waals surface area contributed by atoms with Gasteiger partial charge in [-0.1, -0.05) is 41.9 Å². The Morgan fingerprint density at radius 1 is 1.03 bits per heavy atom. The van der Waals surface area contributed by atoms with Crippen LogP contribution in [0.2, 0.25) is 5.02 Å². The molecule has 0 spiro atoms. The highest BCUT2D eigenvalue weighted by Crippen LogP contribution is 2.30. The number of benzene rings is 2. The fraction of sp³-hybridized carbons (Fsp3) is 0.174. The normalized spacial score (nSPS) is 14.2. The van der Waals surface area contributed by atoms with Crippen LogP contribution in [-0.4, -0.2) is 46.4 Å². The van der Waals surface area contributed by atoms with Crippen molar-refractivity contribution >= 4 is 39.5 Å². The van der Waals surface area contributed by atoms with Crippen molar-refractivity contribution in [1.82, 2.24) is 14.3 Å². The molecule has 0 unspecified atom stereocenters. The highest BCUT2D eigenvalue weighted by atomic mass is 35.5. The van der Waals surface area contributed by atoms with Crippen LogP contribution in [0.4, 0.5) is 10.1 Å². The molecule has 32 heavy (non-hydrogen) atoms. The van der Waals surface area contributed by atoms with Gasteiger partial charge in [0.15, 0.2) is 4.96 Å². The number of nitrogens with zero attached hydrogens (tertiary/aromatic N) is 4. The highest BCUT2D eigenvalue weighted by molar-refractivity contribution is 7.15. The van der Waals surface area contributed by atoms with Crippen LogP contribution in [0.5, 0.6) is 0 Å². The Hall–Kier alpha value is -3.23. The molecule has 2 aromatic heterocycles. The van der Waals surface area contributed by atoms with Gasteiger partial charge in [-0.25, -0.2) is 9.37 Å². The third kappa shape index (κ3) is 3.55. The van der Waals surface area contributed by atoms with E-state index < -0.39 is 5.56 Å². The molecule has 1 amide bonds. The molecule has 9 heteroatoms. The number of anilines is 1. The summed E-state index contributed by atoms with van der Waals surface area (Å²) in [5.41, 5.74) is 1.41. The lowest BCUT2D eigenvalue weighted by atomic mass is 10.1. The fourth-order valence-corrected chi connectivity index (χ4v) is 5.01. The zero-order valence-electron chi connectivity index (χ0n) is 16.9. The van der Waals surface area contributed by atoms with Gasteiger partial charge in [-0.15, -0.1) is 11.3 Å². The van der Waals surface area contributed by atoms with Crippen molar-refractivity contribution in [2.75, 3.05) is 31.1 Å². The Morgan fingerprint density at radius 3 is 2.50 bits per heavy atom. The van der Waals surface area contributed by atoms with Crippen molar-refractivity contribution in [1.29, 1.82) is 0 Å². The summed E-state index contributed by atoms with van der Waals surface area (Å²) in [5, 5.41) is 2.33. The van der Waals surface area contributed by atoms with Gasteiger partial charge in [-0.05, 0) is 18.2 Å². The summed E-state index contributed by atoms with van der Waals surface area (Å²) >= 11 is 7.64. The van der Waals surface area contributed by atoms with Gasteiger partial charge in [0.25, 0.3) is 11.5 Å². The molecule has 0 N–H and O–H groups in total. The minimum atomic E-state index is -0.423. The average molecular weight is 469 g/mol. The first-order valence-electron chi connectivity index (χ1n) is 10.1. The van der Waals surface area contributed by atoms with Gasteiger partial charge in [0.2, 0.25) is 0 Å². The lowest BCUT2D eigenvalue weighted by Gasteiger charge is -2.36. The van der Waals surface area contributed by atoms with E-state index in [1.807, 2.05) is 28.5 Å². The molecule has 0 atom stereocenters. The van der Waals surface area contributed by atoms with E-state index in [1.54, 1.807) is 29.2 Å². The van der Waals surface area contributed by atoms with Gasteiger partial charge in [-0.2, -0.15) is 0 Å². The molecule has 0 aliphatic carbocycles. The SMILES string of the molecule is O=C(c1cnc2scc(-c3ccccc3Cl)n2c1=O)N1CCN(c2ccccc2F)CC1. The van der Waals surface area contributed by atoms with E-state index in [0.29, 0.717) is 53.1 Å². The van der Waals surface area contributed by atoms with E-state index >= 15 is 0 Å². The van der Waals surface area contributed by atoms with Gasteiger partial charge in [0.1, 0.15) is 11.4 Å². The van der Waals surface area contributed by atoms with Crippen LogP contribution in [0.15, 0.2) is 64.9 Å². The minimum absolute atomic E-state index is 0.00791. The van der Waals surface area contributed by atoms with Crippen LogP contribution in [-0.2, 0) is 0 Å². The molecule has 5 rings (SSSR count). The van der Waals surface area contributed by atoms with Crippen LogP contribution in [0, 0.1) is 5.82 Å². The molecule has 2 aromatic carbocycles. The first-order valence-corrected chi connectivity index (χ1v) is 11.3. The third-order valence-electron chi connectivity index (χ3n) is 5.59. The number of carbonyl (C=O) groups excluding carboxylic acids is 1. The maximum Gasteiger partial charge on any atom is 0.271 e. The molecule has 3 heterocycles. The smallest absolute Gasteiger partial charge is 0.271 e. The monoisotopic (exact) mass is 468 g/mol. The Kier molecular flexibility index (Phi) is 5.40. The summed E-state index contributed by atoms with van der Waals surface area (Å²) in [5.74, 6) is -0.661. The molecule has 1 saturated heterocycles. The molecule has 0 radical (unpaired) electrons. The maximum atomic E-state index is 14.1. The van der Waals surface area contributed by atoms with Crippen molar-refractivity contribution in [3.63, 3.8) is 0 Å². The maximum absolute atomic E-state index is 14.1. The average Bonchev–Trinajstić information content (AvgIpc) is 3.25. The molecule has 1 fully saturated rings. The number of para-hydroxylation sites is 1. The number of rotatable bonds is 3. The van der Waals surface area contributed by atoms with Crippen molar-refractivity contribution in [3.05, 3.63) is 86.9 Å². The quantitative estimate of drug-likeness (QED) is 0.452. The van der Waals surface area contributed by atoms with Crippen molar-refractivity contribution < 1.29 is 9.18 Å². The van der Waals surface area contributed by atoms with Crippen molar-refractivity contribution in [3.8, 4) is 11.3 Å². The predicted octanol–water partition coefficient (Wildman–Crippen LogP) is 4.18. The highest BCUT2D eigenvalue weighted by Gasteiger charge is 2.26. The molecular weight excluding hydrogens is 451 g/mol. The van der Waals surface area contributed by atoms with E-state index in [2.05, 4.69) is 4.98 Å². The number of amides is 1. The standard InChI is InChI=1S/C23H18ClFN4O2S/c24-17-6-2-1-5-15(17)20-14-32-23-26-13-16(22(31)29(20)23)21(30)28-11-9-27(10-12-28)19-8-4-3-7-18(19)25/h1-8,13-14H,9-12H2. The first-order chi connectivity index (χ1) is 15.5. The number of carbonyl (C=O) groups is 1. The van der Waals surface area contributed by atoms with Crippen LogP contribution in [0.1, 0.15) is 10.4 Å². The number of piperazine rings is 1. The second-order valence-corrected chi connectivity index (χ2v) is 8.67. The van der Waals surface area contributed by atoms with E-state index in [0.717, 1.165) is 0 Å². The summed E-state index contributed by atoms with van der Waals surface area (Å²) in [6.07, 6.45) is 1.34. The number of hydrogen-bond donors (Lipinski definition) is 0. The largest absolute Gasteiger partial charge is 0.366 e. The number of hydrogen-bond acceptors (Lipinski definition) is 5. The molecular formula is C23H18ClFN4O2S. The second-order valence-electron chi connectivity index (χ2n) is 7.43. The van der Waals surface area contributed by atoms with Crippen LogP contribution in [0.3, 0.4) is 0 Å². The van der Waals surface area contributed by atoms with Crippen LogP contribution < -0.4 is 10.5 Å². The second kappa shape index (κ2) is 8.37. The number of thiazole rings is 1. The zero-order chi connectivity index (χ0) is 22.2. The lowest BCUT2D eigenvalue weighted by molar-refractivity contribution is 0.0744. The first kappa shape index (κ1) is 20.7. The minimum Gasteiger partial charge on any atom is -0.366 e. The Balaban J connectivity index is 1.43. The number of fused-ring (bicyclic) bond motifs is 1. The number of halogens is 2. The third-order valence-corrected chi connectivity index (χ3v) is 6.76. The zero-order valence-corrected chi connectivity index (χ0v) is 18.4. The Labute approximate surface area is 192 Å². The Morgan fingerprint density at radius 2 is 1.75 bits per heavy atom. The van der Waals surface area contributed by atoms with Crippen molar-refractivity contribution in [2.24, 2.45) is 0 Å². The van der Waals surface area contributed by atoms with Crippen LogP contribution >= 0.6 is 22.9 Å². The molecule has 6 nitrogen and oxygen atoms in total. The molecule has 162 valence electrons. The van der Waals surface area contributed by atoms with E-state index in [-0.39, 0.29) is 17.3 Å². The Bertz CT molecular complexity index is 1380. The van der Waals surface area contributed by atoms with Gasteiger partial charge in [0, 0.05) is 48.3 Å². The fourth-order valence-electron chi connectivity index (χ4n) is 3.93. The molecule has 1 aliphatic rings. The van der Waals surface area contributed by atoms with E-state index in [1.165, 1.54) is 28.0 Å². The van der Waals surface area contributed by atoms with Crippen LogP contribution in [0.25, 0.3) is 16.2 Å². The van der Waals surface area contributed by atoms with E-state index in [4.69, 9.17) is 11.6 Å². The van der Waals surface area contributed by atoms with Gasteiger partial charge < -0.3 is 9.80 Å².